The zero-order valence-corrected chi connectivity index (χ0v) is 18.3. The molecule has 2 aromatic rings. The summed E-state index contributed by atoms with van der Waals surface area (Å²) in [5.41, 5.74) is 3.69. The molecule has 2 unspecified atom stereocenters. The zero-order valence-electron chi connectivity index (χ0n) is 15.6. The van der Waals surface area contributed by atoms with Gasteiger partial charge in [-0.25, -0.2) is 33.0 Å². The van der Waals surface area contributed by atoms with Gasteiger partial charge in [-0.3, -0.25) is 14.4 Å². The number of anilines is 1. The number of rotatable bonds is 8. The SMILES string of the molecule is C#C[C@@]1(F)C[C@@H](COP(=O)(O)OP(=O)(O)OP(=O)(O)O)N[C@H]1n1cnc2c(N)ncnc21. The second-order valence-corrected chi connectivity index (χ2v) is 10.9. The summed E-state index contributed by atoms with van der Waals surface area (Å²) in [5.74, 6) is 2.03. The van der Waals surface area contributed by atoms with Gasteiger partial charge in [0.15, 0.2) is 11.5 Å². The van der Waals surface area contributed by atoms with Crippen molar-refractivity contribution in [1.29, 1.82) is 0 Å². The minimum atomic E-state index is -5.68. The van der Waals surface area contributed by atoms with Crippen LogP contribution < -0.4 is 11.1 Å². The van der Waals surface area contributed by atoms with Crippen LogP contribution in [0.15, 0.2) is 12.7 Å². The van der Waals surface area contributed by atoms with Crippen LogP contribution in [0, 0.1) is 12.3 Å². The fraction of sp³-hybridized carbons (Fsp3) is 0.417. The fourth-order valence-corrected chi connectivity index (χ4v) is 6.04. The molecule has 1 saturated heterocycles. The van der Waals surface area contributed by atoms with Crippen LogP contribution in [0.25, 0.3) is 11.2 Å². The first-order chi connectivity index (χ1) is 14.6. The molecule has 176 valence electrons. The highest BCUT2D eigenvalue weighted by atomic mass is 31.3. The van der Waals surface area contributed by atoms with Gasteiger partial charge in [0.2, 0.25) is 5.67 Å². The highest BCUT2D eigenvalue weighted by molar-refractivity contribution is 7.66. The Morgan fingerprint density at radius 3 is 2.56 bits per heavy atom. The first-order valence-electron chi connectivity index (χ1n) is 8.29. The minimum absolute atomic E-state index is 0.0427. The summed E-state index contributed by atoms with van der Waals surface area (Å²) in [4.78, 5) is 47.5. The number of nitrogens with one attached hydrogen (secondary N) is 1. The third-order valence-electron chi connectivity index (χ3n) is 4.13. The molecule has 16 nitrogen and oxygen atoms in total. The molecule has 0 spiro atoms. The highest BCUT2D eigenvalue weighted by Crippen LogP contribution is 2.66. The number of imidazole rings is 1. The van der Waals surface area contributed by atoms with Gasteiger partial charge in [0.05, 0.1) is 12.9 Å². The molecular formula is C12H16FN6O10P3. The Labute approximate surface area is 178 Å². The lowest BCUT2D eigenvalue weighted by molar-refractivity contribution is 0.159. The molecule has 1 fully saturated rings. The molecule has 7 N–H and O–H groups in total. The number of nitrogens with two attached hydrogens (primary N) is 1. The Bertz CT molecular complexity index is 1210. The number of fused-ring (bicyclic) bond motifs is 1. The van der Waals surface area contributed by atoms with Crippen molar-refractivity contribution in [2.24, 2.45) is 0 Å². The zero-order chi connectivity index (χ0) is 23.9. The van der Waals surface area contributed by atoms with Gasteiger partial charge < -0.3 is 25.3 Å². The van der Waals surface area contributed by atoms with E-state index in [9.17, 15) is 18.6 Å². The van der Waals surface area contributed by atoms with Crippen molar-refractivity contribution in [2.75, 3.05) is 12.3 Å². The van der Waals surface area contributed by atoms with Crippen LogP contribution in [0.1, 0.15) is 12.6 Å². The molecule has 1 aliphatic heterocycles. The summed E-state index contributed by atoms with van der Waals surface area (Å²) in [5, 5.41) is 2.72. The van der Waals surface area contributed by atoms with Crippen LogP contribution in [-0.4, -0.2) is 57.4 Å². The van der Waals surface area contributed by atoms with Gasteiger partial charge in [-0.2, -0.15) is 8.62 Å². The Hall–Kier alpha value is -1.79. The molecule has 32 heavy (non-hydrogen) atoms. The van der Waals surface area contributed by atoms with Gasteiger partial charge in [0.1, 0.15) is 18.0 Å². The number of hydrogen-bond donors (Lipinski definition) is 6. The third-order valence-corrected chi connectivity index (χ3v) is 7.93. The van der Waals surface area contributed by atoms with Crippen molar-refractivity contribution in [2.45, 2.75) is 24.3 Å². The molecule has 5 atom stereocenters. The van der Waals surface area contributed by atoms with Crippen LogP contribution in [0.4, 0.5) is 10.2 Å². The molecule has 3 heterocycles. The van der Waals surface area contributed by atoms with E-state index in [0.717, 1.165) is 6.33 Å². The van der Waals surface area contributed by atoms with Gasteiger partial charge in [0, 0.05) is 12.5 Å². The predicted molar refractivity (Wildman–Crippen MR) is 103 cm³/mol. The molecule has 1 aliphatic rings. The number of halogens is 1. The molecule has 0 radical (unpaired) electrons. The number of nitrogens with zero attached hydrogens (tertiary/aromatic N) is 4. The summed E-state index contributed by atoms with van der Waals surface area (Å²) in [6.45, 7) is -0.767. The highest BCUT2D eigenvalue weighted by Gasteiger charge is 2.49. The van der Waals surface area contributed by atoms with E-state index in [0.29, 0.717) is 0 Å². The van der Waals surface area contributed by atoms with Crippen molar-refractivity contribution in [3.63, 3.8) is 0 Å². The predicted octanol–water partition coefficient (Wildman–Crippen LogP) is -0.0462. The van der Waals surface area contributed by atoms with E-state index in [1.54, 1.807) is 0 Å². The Balaban J connectivity index is 1.74. The van der Waals surface area contributed by atoms with Gasteiger partial charge in [-0.15, -0.1) is 6.42 Å². The number of aromatic nitrogens is 4. The van der Waals surface area contributed by atoms with E-state index in [1.807, 2.05) is 5.92 Å². The van der Waals surface area contributed by atoms with Crippen LogP contribution in [-0.2, 0) is 26.8 Å². The van der Waals surface area contributed by atoms with Crippen LogP contribution in [0.5, 0.6) is 0 Å². The normalized spacial score (nSPS) is 27.6. The van der Waals surface area contributed by atoms with Crippen molar-refractivity contribution in [3.05, 3.63) is 12.7 Å². The molecule has 0 saturated carbocycles. The molecule has 0 bridgehead atoms. The first-order valence-corrected chi connectivity index (χ1v) is 12.8. The number of alkyl halides is 1. The standard InChI is InChI=1S/C12H16FN6O10P3/c1-2-12(13)3-7(4-27-31(23,24)29-32(25,26)28-30(20,21)22)18-11(12)19-6-17-8-9(14)15-5-16-10(8)19/h1,5-7,11,18H,3-4H2,(H,23,24)(H,25,26)(H2,14,15,16)(H2,20,21,22)/t7-,11-,12+/m0/s1. The molecule has 0 aromatic carbocycles. The maximum absolute atomic E-state index is 15.4. The monoisotopic (exact) mass is 516 g/mol. The second kappa shape index (κ2) is 8.53. The van der Waals surface area contributed by atoms with Gasteiger partial charge in [-0.05, 0) is 0 Å². The lowest BCUT2D eigenvalue weighted by Gasteiger charge is -2.22. The maximum Gasteiger partial charge on any atom is 0.490 e. The van der Waals surface area contributed by atoms with E-state index in [2.05, 4.69) is 33.4 Å². The molecule has 2 aromatic heterocycles. The van der Waals surface area contributed by atoms with E-state index in [4.69, 9.17) is 26.8 Å². The van der Waals surface area contributed by atoms with Crippen molar-refractivity contribution < 1.29 is 50.8 Å². The number of phosphoric ester groups is 1. The van der Waals surface area contributed by atoms with Gasteiger partial charge >= 0.3 is 23.5 Å². The molecule has 0 amide bonds. The number of nitrogen functional groups attached to an aromatic ring is 1. The van der Waals surface area contributed by atoms with E-state index >= 15 is 4.39 Å². The average molecular weight is 516 g/mol. The molecular weight excluding hydrogens is 500 g/mol. The minimum Gasteiger partial charge on any atom is -0.382 e. The topological polar surface area (TPSA) is 241 Å². The van der Waals surface area contributed by atoms with Crippen molar-refractivity contribution >= 4 is 40.4 Å². The van der Waals surface area contributed by atoms with E-state index < -0.39 is 54.4 Å². The largest absolute Gasteiger partial charge is 0.490 e. The first kappa shape index (κ1) is 24.8. The third kappa shape index (κ3) is 5.57. The van der Waals surface area contributed by atoms with Gasteiger partial charge in [-0.1, -0.05) is 5.92 Å². The van der Waals surface area contributed by atoms with E-state index in [1.165, 1.54) is 10.9 Å². The maximum atomic E-state index is 15.4. The van der Waals surface area contributed by atoms with Crippen molar-refractivity contribution in [3.8, 4) is 12.3 Å². The van der Waals surface area contributed by atoms with Crippen LogP contribution in [0.3, 0.4) is 0 Å². The summed E-state index contributed by atoms with van der Waals surface area (Å²) in [6.07, 6.45) is 5.98. The molecule has 3 rings (SSSR count). The number of hydrogen-bond acceptors (Lipinski definition) is 11. The van der Waals surface area contributed by atoms with E-state index in [-0.39, 0.29) is 17.0 Å². The Morgan fingerprint density at radius 1 is 1.25 bits per heavy atom. The lowest BCUT2D eigenvalue weighted by Crippen LogP contribution is -2.36. The molecule has 0 aliphatic carbocycles. The number of terminal acetylenes is 1. The fourth-order valence-electron chi connectivity index (χ4n) is 2.98. The smallest absolute Gasteiger partial charge is 0.382 e. The van der Waals surface area contributed by atoms with Gasteiger partial charge in [0.25, 0.3) is 0 Å². The van der Waals surface area contributed by atoms with Crippen LogP contribution >= 0.6 is 23.5 Å². The summed E-state index contributed by atoms with van der Waals surface area (Å²) in [6, 6.07) is -1.03. The lowest BCUT2D eigenvalue weighted by atomic mass is 10.0. The average Bonchev–Trinajstić information content (AvgIpc) is 3.19. The number of phosphoric acid groups is 3. The van der Waals surface area contributed by atoms with Crippen LogP contribution in [0.2, 0.25) is 0 Å². The summed E-state index contributed by atoms with van der Waals surface area (Å²) in [7, 11) is -16.6. The van der Waals surface area contributed by atoms with Crippen molar-refractivity contribution in [1.82, 2.24) is 24.8 Å². The Morgan fingerprint density at radius 2 is 1.94 bits per heavy atom. The second-order valence-electron chi connectivity index (χ2n) is 6.45. The molecule has 20 heteroatoms. The quantitative estimate of drug-likeness (QED) is 0.199. The summed E-state index contributed by atoms with van der Waals surface area (Å²) >= 11 is 0. The summed E-state index contributed by atoms with van der Waals surface area (Å²) < 4.78 is 62.3. The Kier molecular flexibility index (Phi) is 6.62.